The van der Waals surface area contributed by atoms with Crippen molar-refractivity contribution >= 4 is 17.3 Å². The van der Waals surface area contributed by atoms with Crippen molar-refractivity contribution in [2.24, 2.45) is 0 Å². The Morgan fingerprint density at radius 1 is 0.926 bits per heavy atom. The van der Waals surface area contributed by atoms with Crippen LogP contribution in [-0.2, 0) is 12.7 Å². The summed E-state index contributed by atoms with van der Waals surface area (Å²) in [6.45, 7) is 0.345. The van der Waals surface area contributed by atoms with E-state index < -0.39 is 11.7 Å². The normalized spacial score (nSPS) is 11.1. The molecule has 27 heavy (non-hydrogen) atoms. The van der Waals surface area contributed by atoms with Gasteiger partial charge in [-0.25, -0.2) is 0 Å². The van der Waals surface area contributed by atoms with E-state index in [4.69, 9.17) is 0 Å². The van der Waals surface area contributed by atoms with Crippen LogP contribution in [0.4, 0.5) is 24.5 Å². The highest BCUT2D eigenvalue weighted by atomic mass is 19.4. The fraction of sp³-hybridized carbons (Fsp3) is 0.105. The molecule has 1 amide bonds. The van der Waals surface area contributed by atoms with Gasteiger partial charge in [0, 0.05) is 30.8 Å². The Labute approximate surface area is 153 Å². The molecule has 1 aromatic carbocycles. The Morgan fingerprint density at radius 2 is 1.63 bits per heavy atom. The molecule has 0 fully saturated rings. The standard InChI is InChI=1S/C19H15F3N4O/c20-19(21,22)15-1-3-16(4-2-15)26-17-9-14(11-24-12-17)18(27)25-10-13-5-7-23-8-6-13/h1-9,11-12,26H,10H2,(H,25,27). The molecular formula is C19H15F3N4O. The second-order valence-electron chi connectivity index (χ2n) is 5.70. The summed E-state index contributed by atoms with van der Waals surface area (Å²) in [4.78, 5) is 20.2. The van der Waals surface area contributed by atoms with Crippen LogP contribution in [0, 0.1) is 0 Å². The van der Waals surface area contributed by atoms with Crippen molar-refractivity contribution in [3.8, 4) is 0 Å². The molecule has 5 nitrogen and oxygen atoms in total. The van der Waals surface area contributed by atoms with Gasteiger partial charge in [-0.1, -0.05) is 0 Å². The fourth-order valence-electron chi connectivity index (χ4n) is 2.33. The van der Waals surface area contributed by atoms with Gasteiger partial charge in [-0.2, -0.15) is 13.2 Å². The Kier molecular flexibility index (Phi) is 5.35. The minimum absolute atomic E-state index is 0.310. The Hall–Kier alpha value is -3.42. The molecule has 0 aliphatic rings. The van der Waals surface area contributed by atoms with E-state index in [0.29, 0.717) is 23.5 Å². The highest BCUT2D eigenvalue weighted by molar-refractivity contribution is 5.94. The number of aromatic nitrogens is 2. The number of hydrogen-bond donors (Lipinski definition) is 2. The van der Waals surface area contributed by atoms with Gasteiger partial charge < -0.3 is 10.6 Å². The van der Waals surface area contributed by atoms with Crippen LogP contribution in [0.2, 0.25) is 0 Å². The molecule has 2 heterocycles. The van der Waals surface area contributed by atoms with Gasteiger partial charge in [0.25, 0.3) is 5.91 Å². The molecular weight excluding hydrogens is 357 g/mol. The van der Waals surface area contributed by atoms with E-state index in [-0.39, 0.29) is 5.91 Å². The average molecular weight is 372 g/mol. The molecule has 0 spiro atoms. The SMILES string of the molecule is O=C(NCc1ccncc1)c1cncc(Nc2ccc(C(F)(F)F)cc2)c1. The van der Waals surface area contributed by atoms with Gasteiger partial charge in [0.15, 0.2) is 0 Å². The number of carbonyl (C=O) groups is 1. The molecule has 2 N–H and O–H groups in total. The predicted octanol–water partition coefficient (Wildman–Crippen LogP) is 4.17. The highest BCUT2D eigenvalue weighted by Crippen LogP contribution is 2.30. The first-order chi connectivity index (χ1) is 12.9. The molecule has 0 aliphatic heterocycles. The van der Waals surface area contributed by atoms with Gasteiger partial charge in [-0.05, 0) is 48.0 Å². The van der Waals surface area contributed by atoms with Crippen LogP contribution in [0.5, 0.6) is 0 Å². The number of hydrogen-bond acceptors (Lipinski definition) is 4. The van der Waals surface area contributed by atoms with Crippen LogP contribution in [0.25, 0.3) is 0 Å². The zero-order valence-corrected chi connectivity index (χ0v) is 14.0. The zero-order chi connectivity index (χ0) is 19.3. The first-order valence-electron chi connectivity index (χ1n) is 7.98. The van der Waals surface area contributed by atoms with Gasteiger partial charge in [0.2, 0.25) is 0 Å². The molecule has 0 saturated heterocycles. The lowest BCUT2D eigenvalue weighted by molar-refractivity contribution is -0.137. The molecule has 0 saturated carbocycles. The maximum absolute atomic E-state index is 12.6. The lowest BCUT2D eigenvalue weighted by Gasteiger charge is -2.10. The van der Waals surface area contributed by atoms with Crippen LogP contribution >= 0.6 is 0 Å². The quantitative estimate of drug-likeness (QED) is 0.706. The molecule has 0 unspecified atom stereocenters. The van der Waals surface area contributed by atoms with E-state index in [1.807, 2.05) is 0 Å². The number of nitrogens with zero attached hydrogens (tertiary/aromatic N) is 2. The van der Waals surface area contributed by atoms with Crippen LogP contribution in [0.15, 0.2) is 67.3 Å². The number of pyridine rings is 2. The Morgan fingerprint density at radius 3 is 2.30 bits per heavy atom. The van der Waals surface area contributed by atoms with Crippen molar-refractivity contribution in [1.82, 2.24) is 15.3 Å². The minimum atomic E-state index is -4.38. The zero-order valence-electron chi connectivity index (χ0n) is 14.0. The number of rotatable bonds is 5. The van der Waals surface area contributed by atoms with Crippen LogP contribution in [0.1, 0.15) is 21.5 Å². The number of alkyl halides is 3. The number of anilines is 2. The van der Waals surface area contributed by atoms with Crippen molar-refractivity contribution in [1.29, 1.82) is 0 Å². The van der Waals surface area contributed by atoms with Gasteiger partial charge in [-0.15, -0.1) is 0 Å². The molecule has 8 heteroatoms. The third-order valence-corrected chi connectivity index (χ3v) is 3.70. The first-order valence-corrected chi connectivity index (χ1v) is 7.98. The van der Waals surface area contributed by atoms with Crippen LogP contribution in [0.3, 0.4) is 0 Å². The summed E-state index contributed by atoms with van der Waals surface area (Å²) >= 11 is 0. The van der Waals surface area contributed by atoms with Gasteiger partial charge in [0.05, 0.1) is 23.0 Å². The molecule has 0 atom stereocenters. The first kappa shape index (κ1) is 18.4. The predicted molar refractivity (Wildman–Crippen MR) is 94.4 cm³/mol. The topological polar surface area (TPSA) is 66.9 Å². The summed E-state index contributed by atoms with van der Waals surface area (Å²) in [7, 11) is 0. The van der Waals surface area contributed by atoms with Crippen molar-refractivity contribution in [3.05, 3.63) is 83.9 Å². The number of carbonyl (C=O) groups excluding carboxylic acids is 1. The summed E-state index contributed by atoms with van der Waals surface area (Å²) in [5, 5.41) is 5.70. The summed E-state index contributed by atoms with van der Waals surface area (Å²) < 4.78 is 37.8. The molecule has 138 valence electrons. The minimum Gasteiger partial charge on any atom is -0.354 e. The number of benzene rings is 1. The van der Waals surface area contributed by atoms with E-state index in [0.717, 1.165) is 17.7 Å². The van der Waals surface area contributed by atoms with Crippen molar-refractivity contribution in [2.45, 2.75) is 12.7 Å². The van der Waals surface area contributed by atoms with Gasteiger partial charge in [0.1, 0.15) is 0 Å². The number of amides is 1. The van der Waals surface area contributed by atoms with E-state index in [1.165, 1.54) is 24.5 Å². The van der Waals surface area contributed by atoms with Crippen molar-refractivity contribution in [2.75, 3.05) is 5.32 Å². The number of halogens is 3. The van der Waals surface area contributed by atoms with E-state index in [9.17, 15) is 18.0 Å². The molecule has 0 aliphatic carbocycles. The average Bonchev–Trinajstić information content (AvgIpc) is 2.67. The van der Waals surface area contributed by atoms with Crippen LogP contribution in [-0.4, -0.2) is 15.9 Å². The van der Waals surface area contributed by atoms with Gasteiger partial charge >= 0.3 is 6.18 Å². The third kappa shape index (κ3) is 5.04. The molecule has 3 aromatic rings. The second kappa shape index (κ2) is 7.86. The Bertz CT molecular complexity index is 912. The summed E-state index contributed by atoms with van der Waals surface area (Å²) in [5.41, 5.74) is 1.46. The van der Waals surface area contributed by atoms with Crippen molar-refractivity contribution < 1.29 is 18.0 Å². The summed E-state index contributed by atoms with van der Waals surface area (Å²) in [6, 6.07) is 9.77. The number of nitrogens with one attached hydrogen (secondary N) is 2. The highest BCUT2D eigenvalue weighted by Gasteiger charge is 2.29. The van der Waals surface area contributed by atoms with E-state index in [1.54, 1.807) is 30.6 Å². The summed E-state index contributed by atoms with van der Waals surface area (Å²) in [6.07, 6.45) is 1.79. The lowest BCUT2D eigenvalue weighted by atomic mass is 10.2. The molecule has 2 aromatic heterocycles. The van der Waals surface area contributed by atoms with Gasteiger partial charge in [-0.3, -0.25) is 14.8 Å². The van der Waals surface area contributed by atoms with E-state index >= 15 is 0 Å². The largest absolute Gasteiger partial charge is 0.416 e. The summed E-state index contributed by atoms with van der Waals surface area (Å²) in [5.74, 6) is -0.310. The monoisotopic (exact) mass is 372 g/mol. The van der Waals surface area contributed by atoms with Crippen LogP contribution < -0.4 is 10.6 Å². The second-order valence-corrected chi connectivity index (χ2v) is 5.70. The molecule has 3 rings (SSSR count). The smallest absolute Gasteiger partial charge is 0.354 e. The van der Waals surface area contributed by atoms with Crippen molar-refractivity contribution in [3.63, 3.8) is 0 Å². The molecule has 0 radical (unpaired) electrons. The lowest BCUT2D eigenvalue weighted by Crippen LogP contribution is -2.23. The maximum atomic E-state index is 12.6. The third-order valence-electron chi connectivity index (χ3n) is 3.70. The van der Waals surface area contributed by atoms with E-state index in [2.05, 4.69) is 20.6 Å². The molecule has 0 bridgehead atoms. The fourth-order valence-corrected chi connectivity index (χ4v) is 2.33. The maximum Gasteiger partial charge on any atom is 0.416 e. The Balaban J connectivity index is 1.65.